The third kappa shape index (κ3) is 1.04. The quantitative estimate of drug-likeness (QED) is 0.608. The second-order valence-electron chi connectivity index (χ2n) is 6.52. The lowest BCUT2D eigenvalue weighted by Gasteiger charge is -2.53. The molecule has 1 aromatic rings. The van der Waals surface area contributed by atoms with Gasteiger partial charge in [-0.05, 0) is 36.4 Å². The average molecular weight is 271 g/mol. The number of hydrogen-bond donors (Lipinski definition) is 3. The van der Waals surface area contributed by atoms with E-state index in [-0.39, 0.29) is 17.3 Å². The molecule has 2 heterocycles. The van der Waals surface area contributed by atoms with E-state index in [1.54, 1.807) is 6.07 Å². The van der Waals surface area contributed by atoms with E-state index in [0.29, 0.717) is 17.6 Å². The lowest BCUT2D eigenvalue weighted by atomic mass is 9.53. The Labute approximate surface area is 117 Å². The molecule has 0 aromatic heterocycles. The van der Waals surface area contributed by atoms with Crippen LogP contribution in [0.1, 0.15) is 11.1 Å². The number of piperidine rings is 1. The molecular formula is C16H17NO3. The molecule has 5 unspecified atom stereocenters. The third-order valence-electron chi connectivity index (χ3n) is 5.68. The van der Waals surface area contributed by atoms with Crippen LogP contribution in [-0.4, -0.2) is 35.5 Å². The Morgan fingerprint density at radius 1 is 1.30 bits per heavy atom. The van der Waals surface area contributed by atoms with E-state index in [9.17, 15) is 10.2 Å². The van der Waals surface area contributed by atoms with Crippen LogP contribution in [0.25, 0.3) is 0 Å². The van der Waals surface area contributed by atoms with E-state index in [4.69, 9.17) is 4.74 Å². The van der Waals surface area contributed by atoms with Gasteiger partial charge in [-0.3, -0.25) is 0 Å². The second kappa shape index (κ2) is 3.38. The molecular weight excluding hydrogens is 254 g/mol. The number of aliphatic hydroxyl groups excluding tert-OH is 1. The van der Waals surface area contributed by atoms with Crippen LogP contribution in [0.3, 0.4) is 0 Å². The van der Waals surface area contributed by atoms with Gasteiger partial charge in [0.05, 0.1) is 5.41 Å². The molecule has 2 aliphatic heterocycles. The SMILES string of the molecule is Oc1ccc2c3c1OC1C(O)C=CC4C(CNCC341)C2. The molecule has 1 aromatic carbocycles. The highest BCUT2D eigenvalue weighted by atomic mass is 16.5. The molecule has 104 valence electrons. The maximum Gasteiger partial charge on any atom is 0.165 e. The molecule has 1 spiro atoms. The maximum atomic E-state index is 10.4. The van der Waals surface area contributed by atoms with Crippen molar-refractivity contribution in [2.75, 3.05) is 13.1 Å². The first-order chi connectivity index (χ1) is 9.72. The van der Waals surface area contributed by atoms with Crippen LogP contribution in [0, 0.1) is 11.8 Å². The fourth-order valence-corrected chi connectivity index (χ4v) is 4.98. The third-order valence-corrected chi connectivity index (χ3v) is 5.68. The van der Waals surface area contributed by atoms with Gasteiger partial charge in [0, 0.05) is 12.1 Å². The number of ether oxygens (including phenoxy) is 1. The number of phenols is 1. The van der Waals surface area contributed by atoms with E-state index in [0.717, 1.165) is 25.1 Å². The normalized spacial score (nSPS) is 43.0. The Hall–Kier alpha value is -1.52. The van der Waals surface area contributed by atoms with Crippen LogP contribution in [0.15, 0.2) is 24.3 Å². The molecule has 4 aliphatic rings. The van der Waals surface area contributed by atoms with Gasteiger partial charge in [0.1, 0.15) is 12.2 Å². The fraction of sp³-hybridized carbons (Fsp3) is 0.500. The van der Waals surface area contributed by atoms with Crippen molar-refractivity contribution in [1.29, 1.82) is 0 Å². The predicted octanol–water partition coefficient (Wildman–Crippen LogP) is 0.713. The first-order valence-corrected chi connectivity index (χ1v) is 7.31. The molecule has 20 heavy (non-hydrogen) atoms. The number of rotatable bonds is 0. The number of aliphatic hydroxyl groups is 1. The Kier molecular flexibility index (Phi) is 1.89. The van der Waals surface area contributed by atoms with Gasteiger partial charge in [-0.2, -0.15) is 0 Å². The molecule has 0 saturated carbocycles. The van der Waals surface area contributed by atoms with Crippen molar-refractivity contribution >= 4 is 0 Å². The summed E-state index contributed by atoms with van der Waals surface area (Å²) in [7, 11) is 0. The van der Waals surface area contributed by atoms with Gasteiger partial charge in [0.2, 0.25) is 0 Å². The van der Waals surface area contributed by atoms with Gasteiger partial charge in [-0.25, -0.2) is 0 Å². The second-order valence-corrected chi connectivity index (χ2v) is 6.52. The van der Waals surface area contributed by atoms with Gasteiger partial charge >= 0.3 is 0 Å². The molecule has 5 atom stereocenters. The summed E-state index contributed by atoms with van der Waals surface area (Å²) in [5.41, 5.74) is 2.21. The van der Waals surface area contributed by atoms with Gasteiger partial charge in [-0.1, -0.05) is 18.2 Å². The highest BCUT2D eigenvalue weighted by molar-refractivity contribution is 5.61. The molecule has 4 heteroatoms. The summed E-state index contributed by atoms with van der Waals surface area (Å²) < 4.78 is 6.03. The lowest BCUT2D eigenvalue weighted by Crippen LogP contribution is -2.65. The van der Waals surface area contributed by atoms with Gasteiger partial charge in [-0.15, -0.1) is 0 Å². The predicted molar refractivity (Wildman–Crippen MR) is 72.9 cm³/mol. The number of benzene rings is 1. The van der Waals surface area contributed by atoms with E-state index in [1.165, 1.54) is 5.56 Å². The monoisotopic (exact) mass is 271 g/mol. The van der Waals surface area contributed by atoms with Crippen LogP contribution in [0.2, 0.25) is 0 Å². The molecule has 1 saturated heterocycles. The van der Waals surface area contributed by atoms with Gasteiger partial charge < -0.3 is 20.3 Å². The van der Waals surface area contributed by atoms with Crippen molar-refractivity contribution in [3.05, 3.63) is 35.4 Å². The largest absolute Gasteiger partial charge is 0.504 e. The Morgan fingerprint density at radius 2 is 2.20 bits per heavy atom. The highest BCUT2D eigenvalue weighted by Gasteiger charge is 2.63. The number of allylic oxidation sites excluding steroid dienone is 1. The average Bonchev–Trinajstić information content (AvgIpc) is 2.78. The molecule has 2 bridgehead atoms. The van der Waals surface area contributed by atoms with Crippen LogP contribution >= 0.6 is 0 Å². The molecule has 5 rings (SSSR count). The van der Waals surface area contributed by atoms with Crippen molar-refractivity contribution < 1.29 is 14.9 Å². The first-order valence-electron chi connectivity index (χ1n) is 7.31. The molecule has 3 N–H and O–H groups in total. The Morgan fingerprint density at radius 3 is 3.10 bits per heavy atom. The van der Waals surface area contributed by atoms with Crippen molar-refractivity contribution in [2.45, 2.75) is 24.0 Å². The summed E-state index contributed by atoms with van der Waals surface area (Å²) in [6.45, 7) is 1.82. The van der Waals surface area contributed by atoms with Gasteiger partial charge in [0.25, 0.3) is 0 Å². The topological polar surface area (TPSA) is 61.7 Å². The standard InChI is InChI=1S/C16H17NO3/c18-11-3-1-8-5-9-6-17-7-16-10(9)2-4-12(19)15(16)20-14(11)13(8)16/h1-4,9-10,12,15,17-19H,5-7H2. The number of nitrogens with one attached hydrogen (secondary N) is 1. The van der Waals surface area contributed by atoms with Crippen LogP contribution in [0.5, 0.6) is 11.5 Å². The van der Waals surface area contributed by atoms with Gasteiger partial charge in [0.15, 0.2) is 11.5 Å². The minimum atomic E-state index is -0.607. The molecule has 0 radical (unpaired) electrons. The minimum Gasteiger partial charge on any atom is -0.504 e. The first kappa shape index (κ1) is 11.2. The zero-order valence-corrected chi connectivity index (χ0v) is 11.0. The summed E-state index contributed by atoms with van der Waals surface area (Å²) >= 11 is 0. The van der Waals surface area contributed by atoms with Crippen LogP contribution < -0.4 is 10.1 Å². The zero-order valence-electron chi connectivity index (χ0n) is 11.0. The number of hydrogen-bond acceptors (Lipinski definition) is 4. The summed E-state index contributed by atoms with van der Waals surface area (Å²) in [6, 6.07) is 3.76. The highest BCUT2D eigenvalue weighted by Crippen LogP contribution is 2.60. The minimum absolute atomic E-state index is 0.197. The fourth-order valence-electron chi connectivity index (χ4n) is 4.98. The lowest BCUT2D eigenvalue weighted by molar-refractivity contribution is -0.0197. The zero-order chi connectivity index (χ0) is 13.5. The van der Waals surface area contributed by atoms with Crippen molar-refractivity contribution in [3.63, 3.8) is 0 Å². The van der Waals surface area contributed by atoms with Crippen molar-refractivity contribution in [2.24, 2.45) is 11.8 Å². The molecule has 0 amide bonds. The van der Waals surface area contributed by atoms with E-state index in [1.807, 2.05) is 12.1 Å². The van der Waals surface area contributed by atoms with E-state index >= 15 is 0 Å². The maximum absolute atomic E-state index is 10.4. The van der Waals surface area contributed by atoms with E-state index in [2.05, 4.69) is 11.4 Å². The Bertz CT molecular complexity index is 641. The molecule has 2 aliphatic carbocycles. The number of phenolic OH excluding ortho intramolecular Hbond substituents is 1. The molecule has 1 fully saturated rings. The van der Waals surface area contributed by atoms with Crippen molar-refractivity contribution in [3.8, 4) is 11.5 Å². The van der Waals surface area contributed by atoms with E-state index < -0.39 is 6.10 Å². The molecule has 4 nitrogen and oxygen atoms in total. The van der Waals surface area contributed by atoms with Crippen LogP contribution in [0.4, 0.5) is 0 Å². The van der Waals surface area contributed by atoms with Crippen molar-refractivity contribution in [1.82, 2.24) is 5.32 Å². The summed E-state index contributed by atoms with van der Waals surface area (Å²) in [6.07, 6.45) is 4.18. The Balaban J connectivity index is 1.86. The summed E-state index contributed by atoms with van der Waals surface area (Å²) in [5, 5.41) is 24.0. The summed E-state index contributed by atoms with van der Waals surface area (Å²) in [5.74, 6) is 1.74. The number of aromatic hydroxyl groups is 1. The van der Waals surface area contributed by atoms with Crippen LogP contribution in [-0.2, 0) is 11.8 Å². The smallest absolute Gasteiger partial charge is 0.165 e. The summed E-state index contributed by atoms with van der Waals surface area (Å²) in [4.78, 5) is 0.